The van der Waals surface area contributed by atoms with Crippen molar-refractivity contribution >= 4 is 18.2 Å². The number of hydrogen-bond donors (Lipinski definition) is 2. The van der Waals surface area contributed by atoms with Crippen molar-refractivity contribution in [3.63, 3.8) is 0 Å². The number of nitrogens with zero attached hydrogens (tertiary/aromatic N) is 3. The summed E-state index contributed by atoms with van der Waals surface area (Å²) >= 11 is 4.88. The van der Waals surface area contributed by atoms with E-state index in [1.165, 1.54) is 0 Å². The Kier molecular flexibility index (Phi) is 7.04. The molecule has 0 radical (unpaired) electrons. The van der Waals surface area contributed by atoms with Crippen LogP contribution in [0.5, 0.6) is 0 Å². The van der Waals surface area contributed by atoms with E-state index in [0.717, 1.165) is 5.56 Å². The van der Waals surface area contributed by atoms with Crippen LogP contribution in [0.2, 0.25) is 0 Å². The number of ether oxygens (including phenoxy) is 2. The molecule has 2 aromatic heterocycles. The van der Waals surface area contributed by atoms with Crippen molar-refractivity contribution in [3.05, 3.63) is 44.8 Å². The summed E-state index contributed by atoms with van der Waals surface area (Å²) in [7, 11) is 3.31. The molecule has 0 aliphatic rings. The quantitative estimate of drug-likeness (QED) is 0.648. The number of aromatic nitrogens is 4. The number of nitrogens with one attached hydrogen (secondary N) is 2. The Hall–Kier alpha value is -2.10. The molecule has 0 amide bonds. The van der Waals surface area contributed by atoms with E-state index in [2.05, 4.69) is 19.9 Å². The average Bonchev–Trinajstić information content (AvgIpc) is 2.58. The molecular formula is C15H21N5O3S. The molecule has 2 aromatic rings. The number of H-pyrrole nitrogens is 2. The Balaban J connectivity index is 2.10. The SMILES string of the molecule is COCCN(CCOC)c1ncc(Cc2c[nH]c(=S)[nH]c2=O)cn1. The molecule has 0 spiro atoms. The molecule has 0 unspecified atom stereocenters. The maximum atomic E-state index is 11.8. The Morgan fingerprint density at radius 3 is 2.33 bits per heavy atom. The van der Waals surface area contributed by atoms with E-state index in [1.54, 1.807) is 32.8 Å². The van der Waals surface area contributed by atoms with Gasteiger partial charge in [-0.2, -0.15) is 0 Å². The van der Waals surface area contributed by atoms with Gasteiger partial charge in [-0.15, -0.1) is 0 Å². The van der Waals surface area contributed by atoms with Crippen molar-refractivity contribution in [3.8, 4) is 0 Å². The molecule has 9 heteroatoms. The van der Waals surface area contributed by atoms with Gasteiger partial charge in [0.2, 0.25) is 5.95 Å². The van der Waals surface area contributed by atoms with E-state index in [9.17, 15) is 4.79 Å². The highest BCUT2D eigenvalue weighted by Gasteiger charge is 2.10. The smallest absolute Gasteiger partial charge is 0.255 e. The van der Waals surface area contributed by atoms with Gasteiger partial charge in [0.25, 0.3) is 5.56 Å². The van der Waals surface area contributed by atoms with Crippen LogP contribution in [0.25, 0.3) is 0 Å². The number of rotatable bonds is 9. The number of anilines is 1. The van der Waals surface area contributed by atoms with Crippen molar-refractivity contribution in [2.24, 2.45) is 0 Å². The van der Waals surface area contributed by atoms with E-state index < -0.39 is 0 Å². The predicted molar refractivity (Wildman–Crippen MR) is 93.1 cm³/mol. The summed E-state index contributed by atoms with van der Waals surface area (Å²) in [5.74, 6) is 0.606. The fraction of sp³-hybridized carbons (Fsp3) is 0.467. The highest BCUT2D eigenvalue weighted by Crippen LogP contribution is 2.09. The van der Waals surface area contributed by atoms with Crippen LogP contribution in [-0.4, -0.2) is 60.5 Å². The molecule has 130 valence electrons. The highest BCUT2D eigenvalue weighted by molar-refractivity contribution is 7.71. The third-order valence-electron chi connectivity index (χ3n) is 3.40. The van der Waals surface area contributed by atoms with Gasteiger partial charge < -0.3 is 19.4 Å². The van der Waals surface area contributed by atoms with Crippen LogP contribution in [0.3, 0.4) is 0 Å². The molecule has 2 heterocycles. The molecule has 0 atom stereocenters. The standard InChI is InChI=1S/C15H21N5O3S/c1-22-5-3-20(4-6-23-2)14-16-8-11(9-17-14)7-12-10-18-15(24)19-13(12)21/h8-10H,3-7H2,1-2H3,(H2,18,19,21,24). The van der Waals surface area contributed by atoms with Crippen LogP contribution in [0, 0.1) is 4.77 Å². The maximum Gasteiger partial charge on any atom is 0.255 e. The highest BCUT2D eigenvalue weighted by atomic mass is 32.1. The van der Waals surface area contributed by atoms with Crippen molar-refractivity contribution in [1.29, 1.82) is 0 Å². The second kappa shape index (κ2) is 9.26. The number of methoxy groups -OCH3 is 2. The van der Waals surface area contributed by atoms with E-state index in [-0.39, 0.29) is 5.56 Å². The zero-order valence-electron chi connectivity index (χ0n) is 13.7. The van der Waals surface area contributed by atoms with Gasteiger partial charge in [0.05, 0.1) is 13.2 Å². The molecule has 0 aromatic carbocycles. The van der Waals surface area contributed by atoms with Crippen LogP contribution < -0.4 is 10.5 Å². The third-order valence-corrected chi connectivity index (χ3v) is 3.62. The van der Waals surface area contributed by atoms with Gasteiger partial charge in [-0.3, -0.25) is 9.78 Å². The van der Waals surface area contributed by atoms with Gasteiger partial charge in [-0.1, -0.05) is 0 Å². The zero-order chi connectivity index (χ0) is 17.4. The second-order valence-electron chi connectivity index (χ2n) is 5.14. The van der Waals surface area contributed by atoms with E-state index >= 15 is 0 Å². The normalized spacial score (nSPS) is 10.8. The van der Waals surface area contributed by atoms with Crippen LogP contribution in [0.1, 0.15) is 11.1 Å². The maximum absolute atomic E-state index is 11.8. The van der Waals surface area contributed by atoms with Gasteiger partial charge in [0.15, 0.2) is 4.77 Å². The van der Waals surface area contributed by atoms with Gasteiger partial charge in [0.1, 0.15) is 0 Å². The summed E-state index contributed by atoms with van der Waals surface area (Å²) in [6.45, 7) is 2.50. The molecule has 0 bridgehead atoms. The minimum Gasteiger partial charge on any atom is -0.383 e. The topological polar surface area (TPSA) is 96.1 Å². The first-order valence-electron chi connectivity index (χ1n) is 7.48. The van der Waals surface area contributed by atoms with Gasteiger partial charge in [-0.25, -0.2) is 9.97 Å². The van der Waals surface area contributed by atoms with Crippen LogP contribution in [0.15, 0.2) is 23.4 Å². The molecule has 2 N–H and O–H groups in total. The van der Waals surface area contributed by atoms with Crippen molar-refractivity contribution in [2.45, 2.75) is 6.42 Å². The number of aromatic amines is 2. The minimum absolute atomic E-state index is 0.204. The van der Waals surface area contributed by atoms with E-state index in [1.807, 2.05) is 4.90 Å². The summed E-state index contributed by atoms with van der Waals surface area (Å²) in [6.07, 6.45) is 5.47. The lowest BCUT2D eigenvalue weighted by Gasteiger charge is -2.21. The largest absolute Gasteiger partial charge is 0.383 e. The van der Waals surface area contributed by atoms with Crippen LogP contribution >= 0.6 is 12.2 Å². The van der Waals surface area contributed by atoms with Crippen LogP contribution in [-0.2, 0) is 15.9 Å². The third kappa shape index (κ3) is 5.22. The lowest BCUT2D eigenvalue weighted by molar-refractivity contribution is 0.189. The Morgan fingerprint density at radius 2 is 1.79 bits per heavy atom. The fourth-order valence-electron chi connectivity index (χ4n) is 2.11. The monoisotopic (exact) mass is 351 g/mol. The average molecular weight is 351 g/mol. The van der Waals surface area contributed by atoms with Gasteiger partial charge >= 0.3 is 0 Å². The molecule has 0 fully saturated rings. The Morgan fingerprint density at radius 1 is 1.17 bits per heavy atom. The summed E-state index contributed by atoms with van der Waals surface area (Å²) in [4.78, 5) is 28.0. The van der Waals surface area contributed by atoms with Crippen molar-refractivity contribution < 1.29 is 9.47 Å². The summed E-state index contributed by atoms with van der Waals surface area (Å²) in [6, 6.07) is 0. The van der Waals surface area contributed by atoms with Gasteiger partial charge in [-0.05, 0) is 17.8 Å². The van der Waals surface area contributed by atoms with Crippen molar-refractivity contribution in [1.82, 2.24) is 19.9 Å². The molecule has 24 heavy (non-hydrogen) atoms. The fourth-order valence-corrected chi connectivity index (χ4v) is 2.26. The molecule has 0 aliphatic carbocycles. The summed E-state index contributed by atoms with van der Waals surface area (Å²) in [5.41, 5.74) is 1.22. The lowest BCUT2D eigenvalue weighted by atomic mass is 10.1. The molecule has 0 saturated heterocycles. The molecule has 2 rings (SSSR count). The molecule has 8 nitrogen and oxygen atoms in total. The minimum atomic E-state index is -0.204. The summed E-state index contributed by atoms with van der Waals surface area (Å²) in [5, 5.41) is 0. The molecular weight excluding hydrogens is 330 g/mol. The first-order chi connectivity index (χ1) is 11.6. The van der Waals surface area contributed by atoms with E-state index in [0.29, 0.717) is 49.0 Å². The molecule has 0 aliphatic heterocycles. The first-order valence-corrected chi connectivity index (χ1v) is 7.89. The van der Waals surface area contributed by atoms with E-state index in [4.69, 9.17) is 21.7 Å². The summed E-state index contributed by atoms with van der Waals surface area (Å²) < 4.78 is 10.5. The first kappa shape index (κ1) is 18.2. The van der Waals surface area contributed by atoms with Crippen molar-refractivity contribution in [2.75, 3.05) is 45.4 Å². The Labute approximate surface area is 144 Å². The Bertz CT molecular complexity index is 736. The van der Waals surface area contributed by atoms with Gasteiger partial charge in [0, 0.05) is 57.9 Å². The lowest BCUT2D eigenvalue weighted by Crippen LogP contribution is -2.32. The molecule has 0 saturated carbocycles. The predicted octanol–water partition coefficient (Wildman–Crippen LogP) is 0.912. The zero-order valence-corrected chi connectivity index (χ0v) is 14.6. The second-order valence-corrected chi connectivity index (χ2v) is 5.55. The number of hydrogen-bond acceptors (Lipinski definition) is 7. The van der Waals surface area contributed by atoms with Crippen LogP contribution in [0.4, 0.5) is 5.95 Å².